The Balaban J connectivity index is 1.85. The number of carbonyl (C=O) groups excluding carboxylic acids is 2. The number of hydrazine groups is 1. The van der Waals surface area contributed by atoms with Gasteiger partial charge in [-0.2, -0.15) is 9.37 Å². The molecule has 182 valence electrons. The van der Waals surface area contributed by atoms with Gasteiger partial charge in [0, 0.05) is 18.5 Å². The second-order valence-electron chi connectivity index (χ2n) is 6.97. The van der Waals surface area contributed by atoms with Gasteiger partial charge in [-0.3, -0.25) is 9.59 Å². The Morgan fingerprint density at radius 3 is 2.63 bits per heavy atom. The lowest BCUT2D eigenvalue weighted by atomic mass is 10.2. The van der Waals surface area contributed by atoms with Crippen molar-refractivity contribution in [2.24, 2.45) is 5.84 Å². The second kappa shape index (κ2) is 11.5. The van der Waals surface area contributed by atoms with Crippen molar-refractivity contribution in [3.05, 3.63) is 83.6 Å². The normalized spacial score (nSPS) is 10.4. The number of hydrogen-bond acceptors (Lipinski definition) is 8. The number of carbonyl (C=O) groups is 2. The van der Waals surface area contributed by atoms with Gasteiger partial charge in [0.15, 0.2) is 0 Å². The molecule has 2 amide bonds. The van der Waals surface area contributed by atoms with E-state index in [-0.39, 0.29) is 11.6 Å². The van der Waals surface area contributed by atoms with Crippen LogP contribution in [0.3, 0.4) is 0 Å². The fourth-order valence-corrected chi connectivity index (χ4v) is 2.83. The Labute approximate surface area is 199 Å². The number of benzene rings is 2. The summed E-state index contributed by atoms with van der Waals surface area (Å²) in [5.74, 6) is 4.59. The van der Waals surface area contributed by atoms with E-state index in [1.807, 2.05) is 0 Å². The molecule has 0 fully saturated rings. The van der Waals surface area contributed by atoms with Crippen molar-refractivity contribution in [3.8, 4) is 5.75 Å². The highest BCUT2D eigenvalue weighted by Crippen LogP contribution is 2.21. The van der Waals surface area contributed by atoms with Crippen molar-refractivity contribution < 1.29 is 23.5 Å². The molecule has 0 unspecified atom stereocenters. The molecule has 12 heteroatoms. The number of methoxy groups -OCH3 is 1. The first-order valence-electron chi connectivity index (χ1n) is 10.2. The fraction of sp³-hybridized carbons (Fsp3) is 0.130. The summed E-state index contributed by atoms with van der Waals surface area (Å²) < 4.78 is 25.2. The molecule has 3 aromatic rings. The van der Waals surface area contributed by atoms with Gasteiger partial charge in [0.05, 0.1) is 18.5 Å². The number of hydrogen-bond donors (Lipinski definition) is 3. The van der Waals surface area contributed by atoms with Gasteiger partial charge >= 0.3 is 11.6 Å². The minimum atomic E-state index is -1.24. The lowest BCUT2D eigenvalue weighted by molar-refractivity contribution is -0.111. The summed E-state index contributed by atoms with van der Waals surface area (Å²) in [4.78, 5) is 40.1. The molecular formula is C23H23FN6O5. The van der Waals surface area contributed by atoms with Crippen molar-refractivity contribution in [2.45, 2.75) is 0 Å². The Bertz CT molecular complexity index is 1280. The molecule has 0 bridgehead atoms. The number of halogens is 1. The molecule has 0 saturated heterocycles. The van der Waals surface area contributed by atoms with Gasteiger partial charge in [-0.1, -0.05) is 12.6 Å². The van der Waals surface area contributed by atoms with E-state index in [0.29, 0.717) is 41.5 Å². The number of anilines is 4. The van der Waals surface area contributed by atoms with Crippen LogP contribution < -0.4 is 31.8 Å². The molecule has 35 heavy (non-hydrogen) atoms. The SMILES string of the molecule is C=CC(=O)Nc1cccc(N(N)C(=O)n2cc(F)c(=O)nc2Nc2ccc(OCCOC)cc2)c1. The van der Waals surface area contributed by atoms with Crippen LogP contribution >= 0.6 is 0 Å². The third-order valence-electron chi connectivity index (χ3n) is 4.54. The van der Waals surface area contributed by atoms with Crippen LogP contribution in [0.5, 0.6) is 5.75 Å². The van der Waals surface area contributed by atoms with Gasteiger partial charge in [0.2, 0.25) is 17.7 Å². The van der Waals surface area contributed by atoms with Crippen LogP contribution in [0.4, 0.5) is 32.2 Å². The average Bonchev–Trinajstić information content (AvgIpc) is 2.86. The predicted molar refractivity (Wildman–Crippen MR) is 128 cm³/mol. The van der Waals surface area contributed by atoms with Gasteiger partial charge in [-0.15, -0.1) is 0 Å². The Morgan fingerprint density at radius 2 is 1.94 bits per heavy atom. The third kappa shape index (κ3) is 6.50. The zero-order valence-electron chi connectivity index (χ0n) is 18.7. The van der Waals surface area contributed by atoms with Crippen LogP contribution in [-0.4, -0.2) is 41.8 Å². The standard InChI is InChI=1S/C23H23FN6O5/c1-3-20(31)26-16-5-4-6-17(13-16)30(25)23(33)29-14-19(24)21(32)28-22(29)27-15-7-9-18(10-8-15)35-12-11-34-2/h3-10,13-14H,1,11-12,25H2,2H3,(H,26,31)(H,27,28,32). The number of amides is 2. The van der Waals surface area contributed by atoms with Crippen molar-refractivity contribution in [1.82, 2.24) is 9.55 Å². The summed E-state index contributed by atoms with van der Waals surface area (Å²) in [6.07, 6.45) is 1.77. The highest BCUT2D eigenvalue weighted by atomic mass is 19.1. The molecule has 0 aliphatic heterocycles. The third-order valence-corrected chi connectivity index (χ3v) is 4.54. The maximum Gasteiger partial charge on any atom is 0.349 e. The Hall–Kier alpha value is -4.55. The van der Waals surface area contributed by atoms with Crippen molar-refractivity contribution in [3.63, 3.8) is 0 Å². The zero-order chi connectivity index (χ0) is 25.4. The van der Waals surface area contributed by atoms with Crippen molar-refractivity contribution in [2.75, 3.05) is 36.0 Å². The van der Waals surface area contributed by atoms with E-state index in [0.717, 1.165) is 10.6 Å². The van der Waals surface area contributed by atoms with Gasteiger partial charge in [-0.25, -0.2) is 20.2 Å². The van der Waals surface area contributed by atoms with Crippen molar-refractivity contribution >= 4 is 34.9 Å². The lowest BCUT2D eigenvalue weighted by Crippen LogP contribution is -2.42. The Morgan fingerprint density at radius 1 is 1.20 bits per heavy atom. The lowest BCUT2D eigenvalue weighted by Gasteiger charge is -2.20. The van der Waals surface area contributed by atoms with Gasteiger partial charge < -0.3 is 20.1 Å². The molecule has 2 aromatic carbocycles. The topological polar surface area (TPSA) is 141 Å². The number of rotatable bonds is 9. The molecule has 0 atom stereocenters. The average molecular weight is 482 g/mol. The summed E-state index contributed by atoms with van der Waals surface area (Å²) in [7, 11) is 1.56. The molecule has 0 saturated carbocycles. The van der Waals surface area contributed by atoms with Gasteiger partial charge in [0.25, 0.3) is 0 Å². The maximum absolute atomic E-state index is 14.1. The summed E-state index contributed by atoms with van der Waals surface area (Å²) in [5, 5.41) is 6.06. The number of nitrogens with zero attached hydrogens (tertiary/aromatic N) is 3. The second-order valence-corrected chi connectivity index (χ2v) is 6.97. The maximum atomic E-state index is 14.1. The first kappa shape index (κ1) is 25.1. The van der Waals surface area contributed by atoms with Crippen LogP contribution in [-0.2, 0) is 9.53 Å². The van der Waals surface area contributed by atoms with E-state index in [1.165, 1.54) is 12.1 Å². The monoisotopic (exact) mass is 482 g/mol. The minimum absolute atomic E-state index is 0.180. The van der Waals surface area contributed by atoms with Gasteiger partial charge in [0.1, 0.15) is 12.4 Å². The van der Waals surface area contributed by atoms with Crippen LogP contribution in [0, 0.1) is 5.82 Å². The van der Waals surface area contributed by atoms with E-state index in [1.54, 1.807) is 43.5 Å². The Kier molecular flexibility index (Phi) is 8.27. The first-order valence-corrected chi connectivity index (χ1v) is 10.2. The smallest absolute Gasteiger partial charge is 0.349 e. The van der Waals surface area contributed by atoms with E-state index in [4.69, 9.17) is 15.3 Å². The quantitative estimate of drug-likeness (QED) is 0.139. The molecule has 11 nitrogen and oxygen atoms in total. The largest absolute Gasteiger partial charge is 0.491 e. The number of nitrogens with one attached hydrogen (secondary N) is 2. The molecule has 0 aliphatic rings. The minimum Gasteiger partial charge on any atom is -0.491 e. The van der Waals surface area contributed by atoms with Crippen LogP contribution in [0.15, 0.2) is 72.2 Å². The molecule has 1 aromatic heterocycles. The van der Waals surface area contributed by atoms with Gasteiger partial charge in [-0.05, 0) is 48.5 Å². The zero-order valence-corrected chi connectivity index (χ0v) is 18.7. The summed E-state index contributed by atoms with van der Waals surface area (Å²) in [6.45, 7) is 4.16. The number of ether oxygens (including phenoxy) is 2. The molecule has 4 N–H and O–H groups in total. The van der Waals surface area contributed by atoms with E-state index in [9.17, 15) is 18.8 Å². The molecular weight excluding hydrogens is 459 g/mol. The molecule has 0 aliphatic carbocycles. The van der Waals surface area contributed by atoms with Crippen LogP contribution in [0.1, 0.15) is 0 Å². The van der Waals surface area contributed by atoms with E-state index < -0.39 is 23.3 Å². The van der Waals surface area contributed by atoms with Crippen molar-refractivity contribution in [1.29, 1.82) is 0 Å². The van der Waals surface area contributed by atoms with E-state index in [2.05, 4.69) is 22.2 Å². The highest BCUT2D eigenvalue weighted by Gasteiger charge is 2.20. The number of aromatic nitrogens is 2. The molecule has 0 radical (unpaired) electrons. The fourth-order valence-electron chi connectivity index (χ4n) is 2.83. The van der Waals surface area contributed by atoms with E-state index >= 15 is 0 Å². The molecule has 1 heterocycles. The van der Waals surface area contributed by atoms with Crippen LogP contribution in [0.25, 0.3) is 0 Å². The predicted octanol–water partition coefficient (Wildman–Crippen LogP) is 2.62. The summed E-state index contributed by atoms with van der Waals surface area (Å²) in [5.41, 5.74) is -0.180. The van der Waals surface area contributed by atoms with Crippen LogP contribution in [0.2, 0.25) is 0 Å². The number of nitrogens with two attached hydrogens (primary N) is 1. The molecule has 3 rings (SSSR count). The highest BCUT2D eigenvalue weighted by molar-refractivity contribution is 6.00. The molecule has 0 spiro atoms. The summed E-state index contributed by atoms with van der Waals surface area (Å²) >= 11 is 0. The summed E-state index contributed by atoms with van der Waals surface area (Å²) in [6, 6.07) is 11.7. The first-order chi connectivity index (χ1) is 16.8.